The van der Waals surface area contributed by atoms with Gasteiger partial charge in [0.05, 0.1) is 13.2 Å². The number of nitrogens with one attached hydrogen (secondary N) is 1. The highest BCUT2D eigenvalue weighted by atomic mass is 16.5. The largest absolute Gasteiger partial charge is 0.497 e. The van der Waals surface area contributed by atoms with Crippen LogP contribution in [0.1, 0.15) is 18.5 Å². The smallest absolute Gasteiger partial charge is 0.119 e. The second-order valence-corrected chi connectivity index (χ2v) is 4.86. The van der Waals surface area contributed by atoms with E-state index in [1.807, 2.05) is 36.4 Å². The van der Waals surface area contributed by atoms with E-state index < -0.39 is 0 Å². The fourth-order valence-corrected chi connectivity index (χ4v) is 2.18. The van der Waals surface area contributed by atoms with E-state index >= 15 is 0 Å². The zero-order chi connectivity index (χ0) is 14.4. The third-order valence-corrected chi connectivity index (χ3v) is 3.47. The molecule has 0 amide bonds. The maximum atomic E-state index is 5.18. The highest BCUT2D eigenvalue weighted by molar-refractivity contribution is 5.48. The van der Waals surface area contributed by atoms with Gasteiger partial charge in [0.1, 0.15) is 5.75 Å². The lowest BCUT2D eigenvalue weighted by Gasteiger charge is -2.24. The Balaban J connectivity index is 2.21. The number of hydrogen-bond acceptors (Lipinski definition) is 2. The van der Waals surface area contributed by atoms with Gasteiger partial charge in [-0.05, 0) is 35.7 Å². The summed E-state index contributed by atoms with van der Waals surface area (Å²) in [5.74, 6) is 1.20. The molecule has 0 aliphatic rings. The molecular formula is C18H21NO. The van der Waals surface area contributed by atoms with Crippen LogP contribution < -0.4 is 10.1 Å². The first kappa shape index (κ1) is 14.2. The molecule has 0 aromatic heterocycles. The zero-order valence-corrected chi connectivity index (χ0v) is 12.0. The molecule has 20 heavy (non-hydrogen) atoms. The van der Waals surface area contributed by atoms with Gasteiger partial charge in [0, 0.05) is 5.69 Å². The first-order valence-corrected chi connectivity index (χ1v) is 6.82. The third-order valence-electron chi connectivity index (χ3n) is 3.47. The zero-order valence-electron chi connectivity index (χ0n) is 12.0. The summed E-state index contributed by atoms with van der Waals surface area (Å²) in [5.41, 5.74) is 2.34. The average molecular weight is 267 g/mol. The minimum Gasteiger partial charge on any atom is -0.497 e. The van der Waals surface area contributed by atoms with Crippen molar-refractivity contribution in [3.05, 3.63) is 72.8 Å². The Kier molecular flexibility index (Phi) is 4.83. The summed E-state index contributed by atoms with van der Waals surface area (Å²) in [6, 6.07) is 18.6. The van der Waals surface area contributed by atoms with E-state index in [2.05, 4.69) is 43.1 Å². The first-order valence-electron chi connectivity index (χ1n) is 6.82. The van der Waals surface area contributed by atoms with E-state index in [0.29, 0.717) is 5.92 Å². The summed E-state index contributed by atoms with van der Waals surface area (Å²) in [5, 5.41) is 3.57. The van der Waals surface area contributed by atoms with E-state index in [9.17, 15) is 0 Å². The van der Waals surface area contributed by atoms with E-state index in [-0.39, 0.29) is 6.04 Å². The van der Waals surface area contributed by atoms with Crippen LogP contribution in [0.5, 0.6) is 5.75 Å². The lowest BCUT2D eigenvalue weighted by Crippen LogP contribution is -2.17. The summed E-state index contributed by atoms with van der Waals surface area (Å²) in [7, 11) is 1.68. The van der Waals surface area contributed by atoms with Crippen LogP contribution in [0.3, 0.4) is 0 Å². The minimum absolute atomic E-state index is 0.210. The Morgan fingerprint density at radius 3 is 2.25 bits per heavy atom. The van der Waals surface area contributed by atoms with E-state index in [1.54, 1.807) is 7.11 Å². The summed E-state index contributed by atoms with van der Waals surface area (Å²) >= 11 is 0. The first-order chi connectivity index (χ1) is 9.74. The highest BCUT2D eigenvalue weighted by Gasteiger charge is 2.16. The van der Waals surface area contributed by atoms with Crippen molar-refractivity contribution in [1.82, 2.24) is 0 Å². The molecule has 2 aromatic rings. The summed E-state index contributed by atoms with van der Waals surface area (Å²) < 4.78 is 5.18. The van der Waals surface area contributed by atoms with Gasteiger partial charge in [0.15, 0.2) is 0 Å². The standard InChI is InChI=1S/C18H21NO/c1-4-14(2)18(15-8-6-5-7-9-15)19-16-10-12-17(20-3)13-11-16/h4-14,18-19H,1H2,2-3H3/t14-,18-/m0/s1. The Hall–Kier alpha value is -2.22. The van der Waals surface area contributed by atoms with Crippen LogP contribution in [0.25, 0.3) is 0 Å². The van der Waals surface area contributed by atoms with Crippen LogP contribution in [0, 0.1) is 5.92 Å². The fourth-order valence-electron chi connectivity index (χ4n) is 2.18. The topological polar surface area (TPSA) is 21.3 Å². The number of benzene rings is 2. The number of methoxy groups -OCH3 is 1. The molecule has 0 heterocycles. The van der Waals surface area contributed by atoms with Gasteiger partial charge in [-0.3, -0.25) is 0 Å². The minimum atomic E-state index is 0.210. The SMILES string of the molecule is C=C[C@H](C)[C@H](Nc1ccc(OC)cc1)c1ccccc1. The average Bonchev–Trinajstić information content (AvgIpc) is 2.53. The number of anilines is 1. The van der Waals surface area contributed by atoms with E-state index in [4.69, 9.17) is 4.74 Å². The normalized spacial score (nSPS) is 13.3. The molecule has 0 saturated carbocycles. The maximum Gasteiger partial charge on any atom is 0.119 e. The summed E-state index contributed by atoms with van der Waals surface area (Å²) in [6.07, 6.45) is 1.98. The number of rotatable bonds is 6. The lowest BCUT2D eigenvalue weighted by atomic mass is 9.94. The molecule has 2 heteroatoms. The van der Waals surface area contributed by atoms with Gasteiger partial charge in [-0.25, -0.2) is 0 Å². The molecule has 1 N–H and O–H groups in total. The number of ether oxygens (including phenoxy) is 1. The predicted molar refractivity (Wildman–Crippen MR) is 85.2 cm³/mol. The molecular weight excluding hydrogens is 246 g/mol. The summed E-state index contributed by atoms with van der Waals surface area (Å²) in [6.45, 7) is 6.08. The van der Waals surface area contributed by atoms with Crippen molar-refractivity contribution in [3.63, 3.8) is 0 Å². The molecule has 0 spiro atoms. The van der Waals surface area contributed by atoms with Crippen molar-refractivity contribution in [3.8, 4) is 5.75 Å². The second-order valence-electron chi connectivity index (χ2n) is 4.86. The quantitative estimate of drug-likeness (QED) is 0.768. The Morgan fingerprint density at radius 1 is 1.05 bits per heavy atom. The fraction of sp³-hybridized carbons (Fsp3) is 0.222. The summed E-state index contributed by atoms with van der Waals surface area (Å²) in [4.78, 5) is 0. The van der Waals surface area contributed by atoms with Gasteiger partial charge in [-0.1, -0.05) is 43.3 Å². The van der Waals surface area contributed by atoms with Crippen LogP contribution in [0.15, 0.2) is 67.3 Å². The molecule has 0 saturated heterocycles. The maximum absolute atomic E-state index is 5.18. The molecule has 0 aliphatic carbocycles. The van der Waals surface area contributed by atoms with Gasteiger partial charge in [0.2, 0.25) is 0 Å². The van der Waals surface area contributed by atoms with Crippen LogP contribution in [-0.2, 0) is 0 Å². The molecule has 2 rings (SSSR count). The van der Waals surface area contributed by atoms with Crippen molar-refractivity contribution in [1.29, 1.82) is 0 Å². The highest BCUT2D eigenvalue weighted by Crippen LogP contribution is 2.28. The van der Waals surface area contributed by atoms with Crippen LogP contribution in [0.2, 0.25) is 0 Å². The molecule has 0 aliphatic heterocycles. The molecule has 2 nitrogen and oxygen atoms in total. The van der Waals surface area contributed by atoms with Gasteiger partial charge >= 0.3 is 0 Å². The van der Waals surface area contributed by atoms with Crippen molar-refractivity contribution in [2.24, 2.45) is 5.92 Å². The number of hydrogen-bond donors (Lipinski definition) is 1. The predicted octanol–water partition coefficient (Wildman–Crippen LogP) is 4.67. The van der Waals surface area contributed by atoms with Crippen LogP contribution in [0.4, 0.5) is 5.69 Å². The molecule has 0 fully saturated rings. The Labute approximate surface area is 121 Å². The van der Waals surface area contributed by atoms with Crippen LogP contribution in [-0.4, -0.2) is 7.11 Å². The lowest BCUT2D eigenvalue weighted by molar-refractivity contribution is 0.415. The van der Waals surface area contributed by atoms with E-state index in [0.717, 1.165) is 11.4 Å². The van der Waals surface area contributed by atoms with E-state index in [1.165, 1.54) is 5.56 Å². The van der Waals surface area contributed by atoms with Crippen LogP contribution >= 0.6 is 0 Å². The molecule has 2 aromatic carbocycles. The Bertz CT molecular complexity index is 533. The van der Waals surface area contributed by atoms with Crippen molar-refractivity contribution < 1.29 is 4.74 Å². The van der Waals surface area contributed by atoms with Gasteiger partial charge in [0.25, 0.3) is 0 Å². The van der Waals surface area contributed by atoms with Crippen molar-refractivity contribution in [2.75, 3.05) is 12.4 Å². The Morgan fingerprint density at radius 2 is 1.70 bits per heavy atom. The monoisotopic (exact) mass is 267 g/mol. The molecule has 0 bridgehead atoms. The van der Waals surface area contributed by atoms with Crippen molar-refractivity contribution >= 4 is 5.69 Å². The van der Waals surface area contributed by atoms with Gasteiger partial charge in [-0.15, -0.1) is 6.58 Å². The van der Waals surface area contributed by atoms with Gasteiger partial charge in [-0.2, -0.15) is 0 Å². The second kappa shape index (κ2) is 6.80. The molecule has 0 unspecified atom stereocenters. The molecule has 0 radical (unpaired) electrons. The molecule has 2 atom stereocenters. The van der Waals surface area contributed by atoms with Crippen molar-refractivity contribution in [2.45, 2.75) is 13.0 Å². The van der Waals surface area contributed by atoms with Gasteiger partial charge < -0.3 is 10.1 Å². The third kappa shape index (κ3) is 3.41. The molecule has 104 valence electrons.